The highest BCUT2D eigenvalue weighted by atomic mass is 32.2. The quantitative estimate of drug-likeness (QED) is 0.240. The lowest BCUT2D eigenvalue weighted by Gasteiger charge is -2.49. The predicted octanol–water partition coefficient (Wildman–Crippen LogP) is -0.631. The third kappa shape index (κ3) is 4.40. The Balaban J connectivity index is 1.26. The van der Waals surface area contributed by atoms with Gasteiger partial charge in [0.2, 0.25) is 11.1 Å². The molecule has 1 saturated heterocycles. The van der Waals surface area contributed by atoms with Crippen LogP contribution in [0.2, 0.25) is 0 Å². The third-order valence-corrected chi connectivity index (χ3v) is 8.30. The molecule has 0 radical (unpaired) electrons. The number of carboxylic acids is 1. The molecule has 5 rings (SSSR count). The van der Waals surface area contributed by atoms with Crippen LogP contribution in [0, 0.1) is 0 Å². The van der Waals surface area contributed by atoms with E-state index in [1.807, 2.05) is 17.5 Å². The number of amides is 2. The molecule has 2 aliphatic rings. The molecule has 0 aliphatic carbocycles. The molecular formula is C17H16N10O4S3. The van der Waals surface area contributed by atoms with Gasteiger partial charge in [-0.25, -0.2) is 14.6 Å². The summed E-state index contributed by atoms with van der Waals surface area (Å²) in [5, 5.41) is 39.4. The number of carbonyl (C=O) groups is 3. The Morgan fingerprint density at radius 3 is 2.94 bits per heavy atom. The fraction of sp³-hybridized carbons (Fsp3) is 0.353. The Bertz CT molecular complexity index is 1240. The monoisotopic (exact) mass is 520 g/mol. The maximum absolute atomic E-state index is 12.8. The number of aromatic nitrogens is 8. The number of rotatable bonds is 9. The molecule has 0 unspecified atom stereocenters. The van der Waals surface area contributed by atoms with Crippen LogP contribution < -0.4 is 5.32 Å². The Labute approximate surface area is 203 Å². The van der Waals surface area contributed by atoms with Crippen molar-refractivity contribution < 1.29 is 19.5 Å². The minimum atomic E-state index is -1.19. The number of aliphatic carboxylic acids is 1. The molecule has 0 saturated carbocycles. The number of hydrogen-bond donors (Lipinski definition) is 3. The highest BCUT2D eigenvalue weighted by Gasteiger charge is 2.54. The second kappa shape index (κ2) is 9.51. The number of thiophene rings is 1. The van der Waals surface area contributed by atoms with Crippen molar-refractivity contribution in [2.75, 3.05) is 11.5 Å². The first-order valence-electron chi connectivity index (χ1n) is 9.84. The fourth-order valence-electron chi connectivity index (χ4n) is 3.53. The van der Waals surface area contributed by atoms with Crippen molar-refractivity contribution in [3.8, 4) is 0 Å². The van der Waals surface area contributed by atoms with Crippen molar-refractivity contribution in [2.24, 2.45) is 0 Å². The number of nitrogens with zero attached hydrogens (tertiary/aromatic N) is 8. The van der Waals surface area contributed by atoms with Crippen LogP contribution in [0.25, 0.3) is 0 Å². The van der Waals surface area contributed by atoms with Gasteiger partial charge in [-0.15, -0.1) is 33.3 Å². The van der Waals surface area contributed by atoms with Crippen LogP contribution in [0.5, 0.6) is 0 Å². The van der Waals surface area contributed by atoms with E-state index in [4.69, 9.17) is 0 Å². The molecule has 3 N–H and O–H groups in total. The molecule has 34 heavy (non-hydrogen) atoms. The number of H-pyrrole nitrogens is 1. The summed E-state index contributed by atoms with van der Waals surface area (Å²) in [6.07, 6.45) is 0.182. The number of aromatic amines is 1. The summed E-state index contributed by atoms with van der Waals surface area (Å²) < 4.78 is 1.49. The number of thioether (sulfide) groups is 2. The van der Waals surface area contributed by atoms with E-state index in [0.29, 0.717) is 22.3 Å². The number of nitrogens with one attached hydrogen (secondary N) is 2. The fourth-order valence-corrected chi connectivity index (χ4v) is 6.59. The highest BCUT2D eigenvalue weighted by Crippen LogP contribution is 2.41. The van der Waals surface area contributed by atoms with Gasteiger partial charge in [0.25, 0.3) is 5.91 Å². The maximum atomic E-state index is 12.8. The number of fused-ring (bicyclic) bond motifs is 1. The maximum Gasteiger partial charge on any atom is 0.352 e. The van der Waals surface area contributed by atoms with Crippen molar-refractivity contribution in [1.29, 1.82) is 0 Å². The van der Waals surface area contributed by atoms with Crippen LogP contribution in [-0.4, -0.2) is 91.5 Å². The topological polar surface area (TPSA) is 185 Å². The number of tetrazole rings is 2. The van der Waals surface area contributed by atoms with Crippen molar-refractivity contribution >= 4 is 52.6 Å². The van der Waals surface area contributed by atoms with E-state index >= 15 is 0 Å². The first kappa shape index (κ1) is 22.5. The summed E-state index contributed by atoms with van der Waals surface area (Å²) in [4.78, 5) is 39.3. The molecule has 0 bridgehead atoms. The van der Waals surface area contributed by atoms with Gasteiger partial charge in [-0.1, -0.05) is 17.8 Å². The van der Waals surface area contributed by atoms with Crippen LogP contribution in [0.3, 0.4) is 0 Å². The second-order valence-corrected chi connectivity index (χ2v) is 10.3. The van der Waals surface area contributed by atoms with Crippen LogP contribution >= 0.6 is 34.9 Å². The van der Waals surface area contributed by atoms with Gasteiger partial charge in [-0.05, 0) is 37.9 Å². The molecule has 5 heterocycles. The molecule has 2 amide bonds. The standard InChI is InChI=1S/C17H16N10O4S3/c28-11(4-9-2-1-3-32-9)18-12-14(29)27-13(16(30)31)8(6-33-15(12)27)7-34-17-21-24-25-26(17)5-10-19-22-23-20-10/h1-3,12,15H,4-7H2,(H,18,28)(H,30,31)(H,19,20,22,23)/t12-,15+/m1/s1. The summed E-state index contributed by atoms with van der Waals surface area (Å²) >= 11 is 4.13. The molecule has 2 atom stereocenters. The third-order valence-electron chi connectivity index (χ3n) is 5.04. The van der Waals surface area contributed by atoms with Crippen molar-refractivity contribution in [3.05, 3.63) is 39.5 Å². The Kier molecular flexibility index (Phi) is 6.29. The van der Waals surface area contributed by atoms with Crippen molar-refractivity contribution in [1.82, 2.24) is 51.0 Å². The second-order valence-electron chi connectivity index (χ2n) is 7.22. The molecule has 1 fully saturated rings. The Morgan fingerprint density at radius 2 is 2.21 bits per heavy atom. The lowest BCUT2D eigenvalue weighted by atomic mass is 10.0. The molecule has 3 aromatic rings. The molecule has 17 heteroatoms. The number of hydrogen-bond acceptors (Lipinski definition) is 12. The average molecular weight is 521 g/mol. The summed E-state index contributed by atoms with van der Waals surface area (Å²) in [6.45, 7) is 0.224. The molecule has 14 nitrogen and oxygen atoms in total. The average Bonchev–Trinajstić information content (AvgIpc) is 3.59. The van der Waals surface area contributed by atoms with E-state index in [1.165, 1.54) is 44.4 Å². The summed E-state index contributed by atoms with van der Waals surface area (Å²) in [7, 11) is 0. The van der Waals surface area contributed by atoms with Crippen LogP contribution in [0.15, 0.2) is 33.9 Å². The summed E-state index contributed by atoms with van der Waals surface area (Å²) in [5.41, 5.74) is 0.523. The van der Waals surface area contributed by atoms with Crippen molar-refractivity contribution in [3.63, 3.8) is 0 Å². The number of carboxylic acid groups (broad SMARTS) is 1. The van der Waals surface area contributed by atoms with Crippen molar-refractivity contribution in [2.45, 2.75) is 29.5 Å². The number of carbonyl (C=O) groups excluding carboxylic acids is 2. The van der Waals surface area contributed by atoms with E-state index in [0.717, 1.165) is 4.88 Å². The van der Waals surface area contributed by atoms with Crippen LogP contribution in [-0.2, 0) is 27.3 Å². The normalized spacial score (nSPS) is 19.6. The minimum absolute atomic E-state index is 0.0523. The van der Waals surface area contributed by atoms with E-state index in [9.17, 15) is 19.5 Å². The molecular weight excluding hydrogens is 504 g/mol. The van der Waals surface area contributed by atoms with Gasteiger partial charge in [-0.3, -0.25) is 14.5 Å². The van der Waals surface area contributed by atoms with Gasteiger partial charge in [0.1, 0.15) is 23.7 Å². The first-order valence-corrected chi connectivity index (χ1v) is 12.8. The van der Waals surface area contributed by atoms with Gasteiger partial charge < -0.3 is 10.4 Å². The summed E-state index contributed by atoms with van der Waals surface area (Å²) in [5.74, 6) is -0.751. The van der Waals surface area contributed by atoms with Gasteiger partial charge in [0.05, 0.1) is 6.42 Å². The minimum Gasteiger partial charge on any atom is -0.477 e. The number of β-lactam (4-membered cyclic amide) rings is 1. The lowest BCUT2D eigenvalue weighted by Crippen LogP contribution is -2.70. The highest BCUT2D eigenvalue weighted by molar-refractivity contribution is 8.01. The van der Waals surface area contributed by atoms with E-state index in [1.54, 1.807) is 0 Å². The smallest absolute Gasteiger partial charge is 0.352 e. The molecule has 2 aliphatic heterocycles. The van der Waals surface area contributed by atoms with Crippen LogP contribution in [0.4, 0.5) is 0 Å². The van der Waals surface area contributed by atoms with E-state index in [2.05, 4.69) is 41.5 Å². The van der Waals surface area contributed by atoms with Gasteiger partial charge in [0.15, 0.2) is 5.82 Å². The molecule has 176 valence electrons. The summed E-state index contributed by atoms with van der Waals surface area (Å²) in [6, 6.07) is 2.96. The molecule has 3 aromatic heterocycles. The Hall–Kier alpha value is -3.31. The van der Waals surface area contributed by atoms with Gasteiger partial charge in [-0.2, -0.15) is 0 Å². The zero-order valence-corrected chi connectivity index (χ0v) is 19.6. The van der Waals surface area contributed by atoms with Gasteiger partial charge in [0, 0.05) is 16.4 Å². The largest absolute Gasteiger partial charge is 0.477 e. The van der Waals surface area contributed by atoms with Gasteiger partial charge >= 0.3 is 5.97 Å². The van der Waals surface area contributed by atoms with E-state index in [-0.39, 0.29) is 30.3 Å². The SMILES string of the molecule is O=C(Cc1cccs1)N[C@@H]1C(=O)N2C(C(=O)O)=C(CSc3nnnn3Cc3nnn[nH]3)CS[C@@H]12. The zero-order chi connectivity index (χ0) is 23.7. The Morgan fingerprint density at radius 1 is 1.32 bits per heavy atom. The van der Waals surface area contributed by atoms with Crippen LogP contribution in [0.1, 0.15) is 10.7 Å². The predicted molar refractivity (Wildman–Crippen MR) is 120 cm³/mol. The molecule has 0 aromatic carbocycles. The first-order chi connectivity index (χ1) is 16.5. The zero-order valence-electron chi connectivity index (χ0n) is 17.2. The molecule has 0 spiro atoms. The lowest BCUT2D eigenvalue weighted by molar-refractivity contribution is -0.150. The van der Waals surface area contributed by atoms with E-state index < -0.39 is 23.3 Å².